The highest BCUT2D eigenvalue weighted by Gasteiger charge is 2.30. The van der Waals surface area contributed by atoms with Crippen LogP contribution in [-0.4, -0.2) is 31.3 Å². The van der Waals surface area contributed by atoms with E-state index in [0.29, 0.717) is 22.0 Å². The second kappa shape index (κ2) is 8.80. The number of ether oxygens (including phenoxy) is 2. The Balaban J connectivity index is 1.80. The summed E-state index contributed by atoms with van der Waals surface area (Å²) in [4.78, 5) is 24.1. The molecule has 7 heteroatoms. The SMILES string of the molecule is CCOC(=O)C1=C(COc2ccc(-c3ccccc3)cc2Cl)NC(=O)N[C@@H]1C. The monoisotopic (exact) mass is 400 g/mol. The van der Waals surface area contributed by atoms with Crippen LogP contribution in [0.4, 0.5) is 4.79 Å². The average molecular weight is 401 g/mol. The number of halogens is 1. The van der Waals surface area contributed by atoms with Crippen molar-refractivity contribution in [1.82, 2.24) is 10.6 Å². The third-order valence-electron chi connectivity index (χ3n) is 4.28. The van der Waals surface area contributed by atoms with Crippen LogP contribution in [0.25, 0.3) is 11.1 Å². The smallest absolute Gasteiger partial charge is 0.338 e. The van der Waals surface area contributed by atoms with Gasteiger partial charge in [-0.2, -0.15) is 0 Å². The molecule has 2 aromatic rings. The number of hydrogen-bond donors (Lipinski definition) is 2. The molecule has 0 spiro atoms. The molecule has 0 radical (unpaired) electrons. The zero-order valence-corrected chi connectivity index (χ0v) is 16.4. The molecule has 3 rings (SSSR count). The van der Waals surface area contributed by atoms with E-state index in [0.717, 1.165) is 11.1 Å². The van der Waals surface area contributed by atoms with Gasteiger partial charge in [0.15, 0.2) is 0 Å². The maximum absolute atomic E-state index is 12.3. The first-order valence-corrected chi connectivity index (χ1v) is 9.32. The zero-order chi connectivity index (χ0) is 20.1. The van der Waals surface area contributed by atoms with Crippen LogP contribution in [0.15, 0.2) is 59.8 Å². The lowest BCUT2D eigenvalue weighted by Gasteiger charge is -2.26. The van der Waals surface area contributed by atoms with Gasteiger partial charge in [0.05, 0.1) is 28.9 Å². The Hall–Kier alpha value is -2.99. The van der Waals surface area contributed by atoms with Gasteiger partial charge < -0.3 is 20.1 Å². The zero-order valence-electron chi connectivity index (χ0n) is 15.6. The highest BCUT2D eigenvalue weighted by atomic mass is 35.5. The minimum atomic E-state index is -0.494. The molecule has 2 aromatic carbocycles. The molecule has 1 atom stereocenters. The molecule has 2 N–H and O–H groups in total. The molecule has 2 amide bonds. The third-order valence-corrected chi connectivity index (χ3v) is 4.57. The summed E-state index contributed by atoms with van der Waals surface area (Å²) in [6, 6.07) is 14.5. The predicted molar refractivity (Wildman–Crippen MR) is 107 cm³/mol. The van der Waals surface area contributed by atoms with Crippen LogP contribution in [0, 0.1) is 0 Å². The van der Waals surface area contributed by atoms with E-state index in [1.165, 1.54) is 0 Å². The molecule has 1 aliphatic heterocycles. The number of benzene rings is 2. The van der Waals surface area contributed by atoms with Gasteiger partial charge in [0, 0.05) is 0 Å². The first kappa shape index (κ1) is 19.8. The van der Waals surface area contributed by atoms with Gasteiger partial charge >= 0.3 is 12.0 Å². The second-order valence-corrected chi connectivity index (χ2v) is 6.64. The topological polar surface area (TPSA) is 76.7 Å². The Morgan fingerprint density at radius 3 is 2.57 bits per heavy atom. The molecule has 0 aromatic heterocycles. The van der Waals surface area contributed by atoms with E-state index in [1.807, 2.05) is 42.5 Å². The van der Waals surface area contributed by atoms with E-state index >= 15 is 0 Å². The van der Waals surface area contributed by atoms with Gasteiger partial charge in [-0.1, -0.05) is 48.0 Å². The normalized spacial score (nSPS) is 16.2. The van der Waals surface area contributed by atoms with Gasteiger partial charge in [0.1, 0.15) is 12.4 Å². The Bertz CT molecular complexity index is 912. The van der Waals surface area contributed by atoms with Gasteiger partial charge in [-0.15, -0.1) is 0 Å². The van der Waals surface area contributed by atoms with Crippen LogP contribution in [0.3, 0.4) is 0 Å². The summed E-state index contributed by atoms with van der Waals surface area (Å²) in [5, 5.41) is 5.71. The number of rotatable bonds is 6. The standard InChI is InChI=1S/C21H21ClN2O4/c1-3-27-20(25)19-13(2)23-21(26)24-17(19)12-28-18-10-9-15(11-16(18)22)14-7-5-4-6-8-14/h4-11,13H,3,12H2,1-2H3,(H2,23,24,26)/t13-/m1/s1. The van der Waals surface area contributed by atoms with Crippen molar-refractivity contribution in [2.24, 2.45) is 0 Å². The number of carbonyl (C=O) groups is 2. The van der Waals surface area contributed by atoms with E-state index in [9.17, 15) is 9.59 Å². The quantitative estimate of drug-likeness (QED) is 0.721. The van der Waals surface area contributed by atoms with Crippen molar-refractivity contribution in [3.63, 3.8) is 0 Å². The van der Waals surface area contributed by atoms with Gasteiger partial charge in [-0.05, 0) is 37.1 Å². The Kier molecular flexibility index (Phi) is 6.21. The van der Waals surface area contributed by atoms with Crippen molar-refractivity contribution >= 4 is 23.6 Å². The molecular formula is C21H21ClN2O4. The third kappa shape index (κ3) is 4.46. The Labute approximate surface area is 168 Å². The van der Waals surface area contributed by atoms with Crippen LogP contribution < -0.4 is 15.4 Å². The fourth-order valence-electron chi connectivity index (χ4n) is 2.97. The lowest BCUT2D eigenvalue weighted by atomic mass is 10.0. The maximum atomic E-state index is 12.3. The number of esters is 1. The minimum Gasteiger partial charge on any atom is -0.486 e. The molecule has 1 heterocycles. The highest BCUT2D eigenvalue weighted by molar-refractivity contribution is 6.32. The second-order valence-electron chi connectivity index (χ2n) is 6.23. The molecule has 0 unspecified atom stereocenters. The van der Waals surface area contributed by atoms with E-state index in [2.05, 4.69) is 10.6 Å². The average Bonchev–Trinajstić information content (AvgIpc) is 2.67. The van der Waals surface area contributed by atoms with Gasteiger partial charge in [0.25, 0.3) is 0 Å². The van der Waals surface area contributed by atoms with Crippen LogP contribution in [0.1, 0.15) is 13.8 Å². The Morgan fingerprint density at radius 2 is 1.89 bits per heavy atom. The van der Waals surface area contributed by atoms with Crippen molar-refractivity contribution in [3.8, 4) is 16.9 Å². The number of nitrogens with one attached hydrogen (secondary N) is 2. The van der Waals surface area contributed by atoms with Crippen molar-refractivity contribution < 1.29 is 19.1 Å². The van der Waals surface area contributed by atoms with E-state index in [-0.39, 0.29) is 13.2 Å². The molecule has 0 fully saturated rings. The fraction of sp³-hybridized carbons (Fsp3) is 0.238. The lowest BCUT2D eigenvalue weighted by molar-refractivity contribution is -0.139. The molecule has 0 saturated carbocycles. The summed E-state index contributed by atoms with van der Waals surface area (Å²) in [5.41, 5.74) is 2.70. The molecule has 146 valence electrons. The molecule has 0 aliphatic carbocycles. The van der Waals surface area contributed by atoms with E-state index in [4.69, 9.17) is 21.1 Å². The van der Waals surface area contributed by atoms with Crippen molar-refractivity contribution in [2.75, 3.05) is 13.2 Å². The summed E-state index contributed by atoms with van der Waals surface area (Å²) < 4.78 is 10.9. The van der Waals surface area contributed by atoms with Crippen molar-refractivity contribution in [2.45, 2.75) is 19.9 Å². The van der Waals surface area contributed by atoms with Crippen LogP contribution >= 0.6 is 11.6 Å². The van der Waals surface area contributed by atoms with Gasteiger partial charge in [0.2, 0.25) is 0 Å². The molecule has 0 saturated heterocycles. The van der Waals surface area contributed by atoms with Crippen molar-refractivity contribution in [3.05, 3.63) is 64.8 Å². The van der Waals surface area contributed by atoms with Crippen molar-refractivity contribution in [1.29, 1.82) is 0 Å². The lowest BCUT2D eigenvalue weighted by Crippen LogP contribution is -2.50. The molecule has 1 aliphatic rings. The largest absolute Gasteiger partial charge is 0.486 e. The van der Waals surface area contributed by atoms with E-state index in [1.54, 1.807) is 19.9 Å². The number of urea groups is 1. The summed E-state index contributed by atoms with van der Waals surface area (Å²) in [5.74, 6) is -0.0379. The molecule has 6 nitrogen and oxygen atoms in total. The highest BCUT2D eigenvalue weighted by Crippen LogP contribution is 2.30. The number of amides is 2. The number of carbonyl (C=O) groups excluding carboxylic acids is 2. The molecule has 28 heavy (non-hydrogen) atoms. The first-order valence-electron chi connectivity index (χ1n) is 8.95. The summed E-state index contributed by atoms with van der Waals surface area (Å²) in [6.45, 7) is 3.66. The van der Waals surface area contributed by atoms with Crippen LogP contribution in [-0.2, 0) is 9.53 Å². The Morgan fingerprint density at radius 1 is 1.14 bits per heavy atom. The molecular weight excluding hydrogens is 380 g/mol. The summed E-state index contributed by atoms with van der Waals surface area (Å²) in [7, 11) is 0. The minimum absolute atomic E-state index is 0.0175. The van der Waals surface area contributed by atoms with Crippen LogP contribution in [0.5, 0.6) is 5.75 Å². The first-order chi connectivity index (χ1) is 13.5. The molecule has 0 bridgehead atoms. The fourth-order valence-corrected chi connectivity index (χ4v) is 3.21. The van der Waals surface area contributed by atoms with Gasteiger partial charge in [-0.3, -0.25) is 0 Å². The summed E-state index contributed by atoms with van der Waals surface area (Å²) >= 11 is 6.37. The van der Waals surface area contributed by atoms with Crippen LogP contribution in [0.2, 0.25) is 5.02 Å². The predicted octanol–water partition coefficient (Wildman–Crippen LogP) is 3.90. The summed E-state index contributed by atoms with van der Waals surface area (Å²) in [6.07, 6.45) is 0. The number of hydrogen-bond acceptors (Lipinski definition) is 4. The maximum Gasteiger partial charge on any atom is 0.338 e. The van der Waals surface area contributed by atoms with E-state index < -0.39 is 18.0 Å². The van der Waals surface area contributed by atoms with Gasteiger partial charge in [-0.25, -0.2) is 9.59 Å².